The quantitative estimate of drug-likeness (QED) is 0.524. The van der Waals surface area contributed by atoms with Crippen LogP contribution < -0.4 is 0 Å². The van der Waals surface area contributed by atoms with Crippen LogP contribution in [-0.4, -0.2) is 29.8 Å². The highest BCUT2D eigenvalue weighted by molar-refractivity contribution is 7.80. The van der Waals surface area contributed by atoms with Crippen molar-refractivity contribution in [3.05, 3.63) is 0 Å². The Labute approximate surface area is 93.7 Å². The fourth-order valence-corrected chi connectivity index (χ4v) is 3.30. The minimum absolute atomic E-state index is 0.977. The number of fused-ring (bicyclic) bond motifs is 2. The predicted octanol–water partition coefficient (Wildman–Crippen LogP) is 2.96. The summed E-state index contributed by atoms with van der Waals surface area (Å²) in [5.41, 5.74) is 0. The third-order valence-corrected chi connectivity index (χ3v) is 4.19. The van der Waals surface area contributed by atoms with Gasteiger partial charge in [0.05, 0.1) is 0 Å². The zero-order valence-electron chi connectivity index (χ0n) is 9.12. The Morgan fingerprint density at radius 2 is 1.93 bits per heavy atom. The van der Waals surface area contributed by atoms with Crippen molar-refractivity contribution in [1.82, 2.24) is 4.90 Å². The molecule has 1 heterocycles. The molecule has 2 aliphatic rings. The van der Waals surface area contributed by atoms with Gasteiger partial charge in [0.25, 0.3) is 0 Å². The summed E-state index contributed by atoms with van der Waals surface area (Å²) in [4.78, 5) is 2.74. The molecule has 2 rings (SSSR count). The third-order valence-electron chi connectivity index (χ3n) is 3.88. The number of nitrogens with zero attached hydrogens (tertiary/aromatic N) is 1. The molecule has 2 bridgehead atoms. The van der Waals surface area contributed by atoms with Crippen LogP contribution in [0.1, 0.15) is 44.9 Å². The van der Waals surface area contributed by atoms with E-state index in [0.29, 0.717) is 0 Å². The molecule has 2 unspecified atom stereocenters. The molecule has 0 aromatic rings. The summed E-state index contributed by atoms with van der Waals surface area (Å²) < 4.78 is 0. The summed E-state index contributed by atoms with van der Waals surface area (Å²) in [5.74, 6) is 2.13. The van der Waals surface area contributed by atoms with E-state index in [1.807, 2.05) is 0 Å². The number of hydrogen-bond acceptors (Lipinski definition) is 2. The van der Waals surface area contributed by atoms with Gasteiger partial charge in [0.2, 0.25) is 0 Å². The maximum Gasteiger partial charge on any atom is 0.00985 e. The van der Waals surface area contributed by atoms with Crippen LogP contribution in [0.25, 0.3) is 0 Å². The molecular weight excluding hydrogens is 190 g/mol. The Bertz CT molecular complexity index is 172. The van der Waals surface area contributed by atoms with E-state index in [-0.39, 0.29) is 0 Å². The van der Waals surface area contributed by atoms with Crippen molar-refractivity contribution < 1.29 is 0 Å². The molecule has 1 saturated carbocycles. The van der Waals surface area contributed by atoms with Gasteiger partial charge < -0.3 is 4.90 Å². The van der Waals surface area contributed by atoms with Crippen LogP contribution in [0.3, 0.4) is 0 Å². The maximum atomic E-state index is 4.23. The van der Waals surface area contributed by atoms with Crippen LogP contribution in [0.2, 0.25) is 0 Å². The van der Waals surface area contributed by atoms with E-state index in [2.05, 4.69) is 17.5 Å². The van der Waals surface area contributed by atoms with Crippen molar-refractivity contribution in [2.45, 2.75) is 51.0 Å². The van der Waals surface area contributed by atoms with E-state index in [4.69, 9.17) is 0 Å². The highest BCUT2D eigenvalue weighted by Crippen LogP contribution is 2.37. The van der Waals surface area contributed by atoms with Crippen LogP contribution in [0.15, 0.2) is 0 Å². The summed E-state index contributed by atoms with van der Waals surface area (Å²) in [6, 6.07) is 0.977. The molecule has 1 saturated heterocycles. The first-order valence-corrected chi connectivity index (χ1v) is 6.88. The maximum absolute atomic E-state index is 4.23. The molecule has 2 fully saturated rings. The lowest BCUT2D eigenvalue weighted by atomic mass is 10.1. The summed E-state index contributed by atoms with van der Waals surface area (Å²) in [5, 5.41) is 0. The molecule has 0 radical (unpaired) electrons. The zero-order valence-corrected chi connectivity index (χ0v) is 10.0. The van der Waals surface area contributed by atoms with Gasteiger partial charge in [0.15, 0.2) is 0 Å². The lowest BCUT2D eigenvalue weighted by molar-refractivity contribution is 0.209. The first-order valence-electron chi connectivity index (χ1n) is 6.25. The highest BCUT2D eigenvalue weighted by Gasteiger charge is 2.36. The molecule has 0 N–H and O–H groups in total. The topological polar surface area (TPSA) is 3.24 Å². The number of likely N-dealkylation sites (tertiary alicyclic amines) is 1. The SMILES string of the molecule is SCCCCCCN1CC2CCC1C2. The fraction of sp³-hybridized carbons (Fsp3) is 1.00. The second kappa shape index (κ2) is 5.41. The molecule has 0 aromatic carbocycles. The molecule has 1 aliphatic heterocycles. The zero-order chi connectivity index (χ0) is 9.80. The Hall–Kier alpha value is 0.310. The minimum Gasteiger partial charge on any atom is -0.300 e. The normalized spacial score (nSPS) is 31.5. The van der Waals surface area contributed by atoms with Crippen molar-refractivity contribution in [3.8, 4) is 0 Å². The van der Waals surface area contributed by atoms with Gasteiger partial charge in [-0.15, -0.1) is 0 Å². The Morgan fingerprint density at radius 3 is 2.57 bits per heavy atom. The van der Waals surface area contributed by atoms with E-state index in [9.17, 15) is 0 Å². The standard InChI is InChI=1S/C12H23NS/c14-8-4-2-1-3-7-13-10-11-5-6-12(13)9-11/h11-12,14H,1-10H2. The van der Waals surface area contributed by atoms with Crippen LogP contribution in [-0.2, 0) is 0 Å². The Kier molecular flexibility index (Phi) is 4.18. The number of unbranched alkanes of at least 4 members (excludes halogenated alkanes) is 3. The third kappa shape index (κ3) is 2.66. The molecule has 14 heavy (non-hydrogen) atoms. The highest BCUT2D eigenvalue weighted by atomic mass is 32.1. The first kappa shape index (κ1) is 10.8. The van der Waals surface area contributed by atoms with E-state index < -0.39 is 0 Å². The molecule has 2 heteroatoms. The second-order valence-electron chi connectivity index (χ2n) is 4.97. The van der Waals surface area contributed by atoms with Gasteiger partial charge >= 0.3 is 0 Å². The van der Waals surface area contributed by atoms with Gasteiger partial charge in [0, 0.05) is 12.6 Å². The number of hydrogen-bond donors (Lipinski definition) is 1. The van der Waals surface area contributed by atoms with Crippen molar-refractivity contribution in [2.24, 2.45) is 5.92 Å². The minimum atomic E-state index is 0.977. The van der Waals surface area contributed by atoms with Gasteiger partial charge in [-0.1, -0.05) is 12.8 Å². The smallest absolute Gasteiger partial charge is 0.00985 e. The summed E-state index contributed by atoms with van der Waals surface area (Å²) >= 11 is 4.23. The Balaban J connectivity index is 1.54. The molecule has 0 spiro atoms. The average Bonchev–Trinajstić information content (AvgIpc) is 2.79. The average molecular weight is 213 g/mol. The van der Waals surface area contributed by atoms with E-state index >= 15 is 0 Å². The molecular formula is C12H23NS. The molecule has 0 amide bonds. The first-order chi connectivity index (χ1) is 6.90. The van der Waals surface area contributed by atoms with Gasteiger partial charge in [-0.3, -0.25) is 0 Å². The lowest BCUT2D eigenvalue weighted by Crippen LogP contribution is -2.32. The number of thiol groups is 1. The molecule has 1 aliphatic carbocycles. The van der Waals surface area contributed by atoms with E-state index in [1.54, 1.807) is 0 Å². The van der Waals surface area contributed by atoms with Gasteiger partial charge in [-0.05, 0) is 50.3 Å². The lowest BCUT2D eigenvalue weighted by Gasteiger charge is -2.26. The van der Waals surface area contributed by atoms with Gasteiger partial charge in [-0.2, -0.15) is 12.6 Å². The van der Waals surface area contributed by atoms with Crippen LogP contribution in [0.5, 0.6) is 0 Å². The predicted molar refractivity (Wildman–Crippen MR) is 65.0 cm³/mol. The van der Waals surface area contributed by atoms with Gasteiger partial charge in [0.1, 0.15) is 0 Å². The summed E-state index contributed by atoms with van der Waals surface area (Å²) in [7, 11) is 0. The molecule has 0 aromatic heterocycles. The van der Waals surface area contributed by atoms with E-state index in [0.717, 1.165) is 17.7 Å². The van der Waals surface area contributed by atoms with Crippen molar-refractivity contribution in [3.63, 3.8) is 0 Å². The van der Waals surface area contributed by atoms with E-state index in [1.165, 1.54) is 58.0 Å². The van der Waals surface area contributed by atoms with Crippen LogP contribution in [0.4, 0.5) is 0 Å². The van der Waals surface area contributed by atoms with Crippen molar-refractivity contribution in [2.75, 3.05) is 18.8 Å². The second-order valence-corrected chi connectivity index (χ2v) is 5.41. The summed E-state index contributed by atoms with van der Waals surface area (Å²) in [6.07, 6.45) is 10.0. The number of piperidine rings is 1. The molecule has 82 valence electrons. The fourth-order valence-electron chi connectivity index (χ4n) is 3.08. The molecule has 1 nitrogen and oxygen atoms in total. The Morgan fingerprint density at radius 1 is 1.07 bits per heavy atom. The monoisotopic (exact) mass is 213 g/mol. The largest absolute Gasteiger partial charge is 0.300 e. The van der Waals surface area contributed by atoms with Crippen LogP contribution >= 0.6 is 12.6 Å². The van der Waals surface area contributed by atoms with Crippen LogP contribution in [0, 0.1) is 5.92 Å². The van der Waals surface area contributed by atoms with Crippen molar-refractivity contribution >= 4 is 12.6 Å². The number of rotatable bonds is 6. The van der Waals surface area contributed by atoms with Gasteiger partial charge in [-0.25, -0.2) is 0 Å². The molecule has 2 atom stereocenters. The summed E-state index contributed by atoms with van der Waals surface area (Å²) in [6.45, 7) is 2.78. The van der Waals surface area contributed by atoms with Crippen molar-refractivity contribution in [1.29, 1.82) is 0 Å².